The zero-order valence-electron chi connectivity index (χ0n) is 15.1. The molecule has 0 bridgehead atoms. The fourth-order valence-corrected chi connectivity index (χ4v) is 4.03. The predicted molar refractivity (Wildman–Crippen MR) is 102 cm³/mol. The van der Waals surface area contributed by atoms with Crippen LogP contribution in [0.2, 0.25) is 0 Å². The number of nitrogens with zero attached hydrogens (tertiary/aromatic N) is 2. The third-order valence-electron chi connectivity index (χ3n) is 5.45. The second-order valence-corrected chi connectivity index (χ2v) is 7.22. The van der Waals surface area contributed by atoms with Gasteiger partial charge in [0.2, 0.25) is 5.91 Å². The summed E-state index contributed by atoms with van der Waals surface area (Å²) in [6, 6.07) is 18.7. The first-order valence-electron chi connectivity index (χ1n) is 9.62. The Kier molecular flexibility index (Phi) is 5.21. The molecule has 0 saturated carbocycles. The minimum Gasteiger partial charge on any atom is -0.457 e. The minimum absolute atomic E-state index is 0.352. The summed E-state index contributed by atoms with van der Waals surface area (Å²) in [6.45, 7) is 3.92. The van der Waals surface area contributed by atoms with Crippen molar-refractivity contribution in [1.29, 1.82) is 0 Å². The van der Waals surface area contributed by atoms with Crippen LogP contribution >= 0.6 is 0 Å². The van der Waals surface area contributed by atoms with Gasteiger partial charge in [-0.25, -0.2) is 0 Å². The molecule has 0 aliphatic carbocycles. The van der Waals surface area contributed by atoms with E-state index in [1.807, 2.05) is 42.5 Å². The fraction of sp³-hybridized carbons (Fsp3) is 0.409. The third-order valence-corrected chi connectivity index (χ3v) is 5.45. The summed E-state index contributed by atoms with van der Waals surface area (Å²) in [7, 11) is 0. The predicted octanol–water partition coefficient (Wildman–Crippen LogP) is 4.07. The number of piperidine rings is 1. The van der Waals surface area contributed by atoms with Gasteiger partial charge in [-0.2, -0.15) is 0 Å². The number of ether oxygens (including phenoxy) is 1. The lowest BCUT2D eigenvalue weighted by Crippen LogP contribution is -2.45. The molecule has 0 spiro atoms. The van der Waals surface area contributed by atoms with E-state index < -0.39 is 0 Å². The number of benzene rings is 2. The third kappa shape index (κ3) is 3.91. The quantitative estimate of drug-likeness (QED) is 0.815. The van der Waals surface area contributed by atoms with Gasteiger partial charge < -0.3 is 9.64 Å². The fourth-order valence-electron chi connectivity index (χ4n) is 4.03. The second-order valence-electron chi connectivity index (χ2n) is 7.22. The number of carbonyl (C=O) groups is 1. The second kappa shape index (κ2) is 7.92. The van der Waals surface area contributed by atoms with Gasteiger partial charge in [-0.05, 0) is 37.5 Å². The van der Waals surface area contributed by atoms with Gasteiger partial charge >= 0.3 is 0 Å². The topological polar surface area (TPSA) is 32.8 Å². The molecule has 4 heteroatoms. The van der Waals surface area contributed by atoms with Crippen molar-refractivity contribution in [1.82, 2.24) is 9.80 Å². The van der Waals surface area contributed by atoms with E-state index in [1.165, 1.54) is 5.56 Å². The Balaban J connectivity index is 1.37. The molecule has 2 aromatic carbocycles. The van der Waals surface area contributed by atoms with E-state index in [2.05, 4.69) is 21.9 Å². The van der Waals surface area contributed by atoms with Crippen LogP contribution in [-0.2, 0) is 11.3 Å². The Hall–Kier alpha value is -2.33. The maximum absolute atomic E-state index is 12.0. The number of rotatable bonds is 5. The summed E-state index contributed by atoms with van der Waals surface area (Å²) in [4.78, 5) is 16.6. The monoisotopic (exact) mass is 350 g/mol. The molecule has 136 valence electrons. The summed E-state index contributed by atoms with van der Waals surface area (Å²) < 4.78 is 6.09. The Morgan fingerprint density at radius 2 is 1.65 bits per heavy atom. The van der Waals surface area contributed by atoms with Gasteiger partial charge in [-0.3, -0.25) is 9.69 Å². The van der Waals surface area contributed by atoms with E-state index in [9.17, 15) is 4.79 Å². The Morgan fingerprint density at radius 1 is 0.923 bits per heavy atom. The molecule has 0 radical (unpaired) electrons. The SMILES string of the molecule is O=C1CCCN1C1CCN(Cc2ccccc2Oc2ccccc2)CC1. The van der Waals surface area contributed by atoms with E-state index >= 15 is 0 Å². The number of hydrogen-bond donors (Lipinski definition) is 0. The van der Waals surface area contributed by atoms with Crippen molar-refractivity contribution < 1.29 is 9.53 Å². The molecule has 0 unspecified atom stereocenters. The normalized spacial score (nSPS) is 19.1. The van der Waals surface area contributed by atoms with Crippen molar-refractivity contribution >= 4 is 5.91 Å². The number of para-hydroxylation sites is 2. The van der Waals surface area contributed by atoms with Crippen LogP contribution in [0.4, 0.5) is 0 Å². The lowest BCUT2D eigenvalue weighted by atomic mass is 10.0. The largest absolute Gasteiger partial charge is 0.457 e. The lowest BCUT2D eigenvalue weighted by Gasteiger charge is -2.36. The van der Waals surface area contributed by atoms with Gasteiger partial charge in [0.15, 0.2) is 0 Å². The maximum Gasteiger partial charge on any atom is 0.222 e. The molecule has 26 heavy (non-hydrogen) atoms. The van der Waals surface area contributed by atoms with Crippen LogP contribution in [0.3, 0.4) is 0 Å². The van der Waals surface area contributed by atoms with Crippen molar-refractivity contribution in [2.45, 2.75) is 38.3 Å². The van der Waals surface area contributed by atoms with Gasteiger partial charge in [0.05, 0.1) is 0 Å². The Morgan fingerprint density at radius 3 is 2.38 bits per heavy atom. The highest BCUT2D eigenvalue weighted by molar-refractivity contribution is 5.78. The summed E-state index contributed by atoms with van der Waals surface area (Å²) in [6.07, 6.45) is 3.93. The first-order chi connectivity index (χ1) is 12.8. The van der Waals surface area contributed by atoms with Crippen LogP contribution in [0.5, 0.6) is 11.5 Å². The van der Waals surface area contributed by atoms with E-state index in [4.69, 9.17) is 4.74 Å². The molecule has 2 fully saturated rings. The van der Waals surface area contributed by atoms with Gasteiger partial charge in [0.1, 0.15) is 11.5 Å². The smallest absolute Gasteiger partial charge is 0.222 e. The molecule has 2 saturated heterocycles. The van der Waals surface area contributed by atoms with E-state index in [0.717, 1.165) is 63.4 Å². The molecule has 1 amide bonds. The highest BCUT2D eigenvalue weighted by Gasteiger charge is 2.30. The molecule has 4 rings (SSSR count). The first kappa shape index (κ1) is 17.1. The van der Waals surface area contributed by atoms with E-state index in [1.54, 1.807) is 0 Å². The number of amides is 1. The van der Waals surface area contributed by atoms with Crippen LogP contribution in [0.15, 0.2) is 54.6 Å². The summed E-state index contributed by atoms with van der Waals surface area (Å²) in [5.74, 6) is 2.15. The standard InChI is InChI=1S/C22H26N2O2/c25-22-11-6-14-24(22)19-12-15-23(16-13-19)17-18-7-4-5-10-21(18)26-20-8-2-1-3-9-20/h1-5,7-10,19H,6,11-17H2. The molecular weight excluding hydrogens is 324 g/mol. The molecule has 2 aliphatic rings. The number of likely N-dealkylation sites (tertiary alicyclic amines) is 2. The molecule has 2 heterocycles. The van der Waals surface area contributed by atoms with Gasteiger partial charge in [0, 0.05) is 44.2 Å². The van der Waals surface area contributed by atoms with Crippen molar-refractivity contribution in [2.24, 2.45) is 0 Å². The average molecular weight is 350 g/mol. The molecule has 0 atom stereocenters. The van der Waals surface area contributed by atoms with Crippen LogP contribution in [0, 0.1) is 0 Å². The van der Waals surface area contributed by atoms with Crippen LogP contribution in [-0.4, -0.2) is 41.4 Å². The number of hydrogen-bond acceptors (Lipinski definition) is 3. The Labute approximate surface area is 155 Å². The molecule has 2 aromatic rings. The van der Waals surface area contributed by atoms with Gasteiger partial charge in [-0.1, -0.05) is 36.4 Å². The summed E-state index contributed by atoms with van der Waals surface area (Å²) >= 11 is 0. The maximum atomic E-state index is 12.0. The van der Waals surface area contributed by atoms with Crippen molar-refractivity contribution in [3.8, 4) is 11.5 Å². The molecular formula is C22H26N2O2. The highest BCUT2D eigenvalue weighted by atomic mass is 16.5. The van der Waals surface area contributed by atoms with Gasteiger partial charge in [0.25, 0.3) is 0 Å². The van der Waals surface area contributed by atoms with E-state index in [0.29, 0.717) is 11.9 Å². The van der Waals surface area contributed by atoms with Gasteiger partial charge in [-0.15, -0.1) is 0 Å². The number of carbonyl (C=O) groups excluding carboxylic acids is 1. The summed E-state index contributed by atoms with van der Waals surface area (Å²) in [5.41, 5.74) is 1.21. The molecule has 0 N–H and O–H groups in total. The van der Waals surface area contributed by atoms with Crippen molar-refractivity contribution in [3.05, 3.63) is 60.2 Å². The molecule has 0 aromatic heterocycles. The Bertz CT molecular complexity index is 739. The zero-order valence-corrected chi connectivity index (χ0v) is 15.1. The minimum atomic E-state index is 0.352. The van der Waals surface area contributed by atoms with Crippen LogP contribution in [0.25, 0.3) is 0 Å². The molecule has 4 nitrogen and oxygen atoms in total. The lowest BCUT2D eigenvalue weighted by molar-refractivity contribution is -0.130. The average Bonchev–Trinajstić information content (AvgIpc) is 3.11. The van der Waals surface area contributed by atoms with E-state index in [-0.39, 0.29) is 0 Å². The van der Waals surface area contributed by atoms with Crippen molar-refractivity contribution in [2.75, 3.05) is 19.6 Å². The zero-order chi connectivity index (χ0) is 17.8. The van der Waals surface area contributed by atoms with Crippen LogP contribution in [0.1, 0.15) is 31.2 Å². The highest BCUT2D eigenvalue weighted by Crippen LogP contribution is 2.28. The molecule has 2 aliphatic heterocycles. The summed E-state index contributed by atoms with van der Waals surface area (Å²) in [5, 5.41) is 0. The van der Waals surface area contributed by atoms with Crippen molar-refractivity contribution in [3.63, 3.8) is 0 Å². The first-order valence-corrected chi connectivity index (χ1v) is 9.62. The van der Waals surface area contributed by atoms with Crippen LogP contribution < -0.4 is 4.74 Å².